The van der Waals surface area contributed by atoms with Gasteiger partial charge in [-0.25, -0.2) is 0 Å². The summed E-state index contributed by atoms with van der Waals surface area (Å²) in [7, 11) is 0. The van der Waals surface area contributed by atoms with Crippen LogP contribution in [-0.4, -0.2) is 36.0 Å². The van der Waals surface area contributed by atoms with E-state index in [9.17, 15) is 22.8 Å². The number of rotatable bonds is 2. The molecule has 0 aromatic heterocycles. The lowest BCUT2D eigenvalue weighted by molar-refractivity contribution is -0.187. The maximum absolute atomic E-state index is 12.5. The monoisotopic (exact) mass is 368 g/mol. The van der Waals surface area contributed by atoms with E-state index in [1.807, 2.05) is 0 Å². The zero-order valence-electron chi connectivity index (χ0n) is 11.8. The quantitative estimate of drug-likeness (QED) is 0.864. The van der Waals surface area contributed by atoms with Crippen molar-refractivity contribution in [3.63, 3.8) is 0 Å². The maximum atomic E-state index is 12.5. The molecule has 1 aromatic rings. The van der Waals surface area contributed by atoms with Crippen LogP contribution in [0.2, 0.25) is 10.0 Å². The predicted molar refractivity (Wildman–Crippen MR) is 80.5 cm³/mol. The molecule has 1 saturated heterocycles. The zero-order valence-corrected chi connectivity index (χ0v) is 13.3. The molecule has 0 saturated carbocycles. The highest BCUT2D eigenvalue weighted by Gasteiger charge is 2.44. The molecule has 1 fully saturated rings. The molecular weight excluding hydrogens is 356 g/mol. The molecule has 1 atom stereocenters. The van der Waals surface area contributed by atoms with Crippen LogP contribution in [0.25, 0.3) is 0 Å². The number of amides is 2. The minimum absolute atomic E-state index is 0.0138. The number of piperidine rings is 1. The van der Waals surface area contributed by atoms with Crippen molar-refractivity contribution in [1.29, 1.82) is 0 Å². The summed E-state index contributed by atoms with van der Waals surface area (Å²) in [5.41, 5.74) is 0.281. The van der Waals surface area contributed by atoms with Gasteiger partial charge in [-0.2, -0.15) is 13.2 Å². The molecule has 1 N–H and O–H groups in total. The van der Waals surface area contributed by atoms with Crippen LogP contribution in [-0.2, 0) is 9.59 Å². The Labute approximate surface area is 140 Å². The minimum atomic E-state index is -4.94. The molecule has 0 aliphatic carbocycles. The first-order chi connectivity index (χ1) is 10.7. The van der Waals surface area contributed by atoms with Crippen LogP contribution in [0.15, 0.2) is 18.2 Å². The first-order valence-electron chi connectivity index (χ1n) is 6.81. The Hall–Kier alpha value is -1.47. The molecule has 0 spiro atoms. The molecule has 126 valence electrons. The molecule has 2 amide bonds. The van der Waals surface area contributed by atoms with Gasteiger partial charge in [-0.15, -0.1) is 0 Å². The van der Waals surface area contributed by atoms with E-state index >= 15 is 0 Å². The van der Waals surface area contributed by atoms with Gasteiger partial charge in [-0.3, -0.25) is 9.59 Å². The van der Waals surface area contributed by atoms with Gasteiger partial charge in [0.2, 0.25) is 5.91 Å². The SMILES string of the molecule is O=C(Nc1cccc(Cl)c1Cl)C1CCCN(C(=O)C(F)(F)F)C1. The molecule has 23 heavy (non-hydrogen) atoms. The normalized spacial score (nSPS) is 18.7. The second kappa shape index (κ2) is 6.97. The Morgan fingerprint density at radius 3 is 2.61 bits per heavy atom. The fourth-order valence-electron chi connectivity index (χ4n) is 2.39. The Kier molecular flexibility index (Phi) is 5.41. The molecule has 2 rings (SSSR count). The summed E-state index contributed by atoms with van der Waals surface area (Å²) in [6.07, 6.45) is -4.22. The third-order valence-electron chi connectivity index (χ3n) is 3.53. The Morgan fingerprint density at radius 2 is 1.96 bits per heavy atom. The van der Waals surface area contributed by atoms with Gasteiger partial charge in [0.15, 0.2) is 0 Å². The van der Waals surface area contributed by atoms with Gasteiger partial charge in [-0.05, 0) is 25.0 Å². The van der Waals surface area contributed by atoms with E-state index in [-0.39, 0.29) is 28.8 Å². The lowest BCUT2D eigenvalue weighted by Gasteiger charge is -2.32. The van der Waals surface area contributed by atoms with E-state index in [1.54, 1.807) is 12.1 Å². The number of nitrogens with one attached hydrogen (secondary N) is 1. The van der Waals surface area contributed by atoms with Crippen LogP contribution in [0, 0.1) is 5.92 Å². The number of hydrogen-bond donors (Lipinski definition) is 1. The van der Waals surface area contributed by atoms with Crippen LogP contribution in [0.4, 0.5) is 18.9 Å². The Morgan fingerprint density at radius 1 is 1.26 bits per heavy atom. The summed E-state index contributed by atoms with van der Waals surface area (Å²) < 4.78 is 37.4. The van der Waals surface area contributed by atoms with E-state index in [4.69, 9.17) is 23.2 Å². The highest BCUT2D eigenvalue weighted by atomic mass is 35.5. The number of benzene rings is 1. The van der Waals surface area contributed by atoms with Gasteiger partial charge >= 0.3 is 12.1 Å². The summed E-state index contributed by atoms with van der Waals surface area (Å²) in [6, 6.07) is 4.67. The van der Waals surface area contributed by atoms with Gasteiger partial charge in [0, 0.05) is 13.1 Å². The van der Waals surface area contributed by atoms with Gasteiger partial charge < -0.3 is 10.2 Å². The number of carbonyl (C=O) groups excluding carboxylic acids is 2. The van der Waals surface area contributed by atoms with Crippen LogP contribution in [0.5, 0.6) is 0 Å². The van der Waals surface area contributed by atoms with E-state index in [0.717, 1.165) is 0 Å². The average Bonchev–Trinajstić information content (AvgIpc) is 2.50. The third-order valence-corrected chi connectivity index (χ3v) is 4.35. The summed E-state index contributed by atoms with van der Waals surface area (Å²) >= 11 is 11.8. The van der Waals surface area contributed by atoms with Crippen LogP contribution < -0.4 is 5.32 Å². The molecule has 1 heterocycles. The maximum Gasteiger partial charge on any atom is 0.471 e. The van der Waals surface area contributed by atoms with Gasteiger partial charge in [0.25, 0.3) is 0 Å². The highest BCUT2D eigenvalue weighted by molar-refractivity contribution is 6.44. The summed E-state index contributed by atoms with van der Waals surface area (Å²) in [5, 5.41) is 2.95. The van der Waals surface area contributed by atoms with E-state index in [0.29, 0.717) is 17.7 Å². The first-order valence-corrected chi connectivity index (χ1v) is 7.56. The zero-order chi connectivity index (χ0) is 17.2. The molecule has 1 unspecified atom stereocenters. The fraction of sp³-hybridized carbons (Fsp3) is 0.429. The molecule has 1 aliphatic rings. The van der Waals surface area contributed by atoms with Crippen molar-refractivity contribution in [2.45, 2.75) is 19.0 Å². The number of nitrogens with zero attached hydrogens (tertiary/aromatic N) is 1. The standard InChI is InChI=1S/C14H13Cl2F3N2O2/c15-9-4-1-5-10(11(9)16)20-12(22)8-3-2-6-21(7-8)13(23)14(17,18)19/h1,4-5,8H,2-3,6-7H2,(H,20,22). The minimum Gasteiger partial charge on any atom is -0.334 e. The van der Waals surface area contributed by atoms with Crippen LogP contribution in [0.1, 0.15) is 12.8 Å². The molecule has 0 radical (unpaired) electrons. The van der Waals surface area contributed by atoms with E-state index < -0.39 is 23.9 Å². The predicted octanol–water partition coefficient (Wildman–Crippen LogP) is 3.73. The number of alkyl halides is 3. The number of hydrogen-bond acceptors (Lipinski definition) is 2. The highest BCUT2D eigenvalue weighted by Crippen LogP contribution is 2.31. The van der Waals surface area contributed by atoms with Crippen molar-refractivity contribution in [3.05, 3.63) is 28.2 Å². The molecule has 0 bridgehead atoms. The molecular formula is C14H13Cl2F3N2O2. The number of halogens is 5. The fourth-order valence-corrected chi connectivity index (χ4v) is 2.74. The first kappa shape index (κ1) is 17.9. The van der Waals surface area contributed by atoms with Crippen LogP contribution in [0.3, 0.4) is 0 Å². The molecule has 4 nitrogen and oxygen atoms in total. The molecule has 9 heteroatoms. The molecule has 1 aromatic carbocycles. The van der Waals surface area contributed by atoms with Crippen molar-refractivity contribution in [3.8, 4) is 0 Å². The Balaban J connectivity index is 2.05. The second-order valence-corrected chi connectivity index (χ2v) is 5.96. The molecule has 1 aliphatic heterocycles. The van der Waals surface area contributed by atoms with Crippen LogP contribution >= 0.6 is 23.2 Å². The lowest BCUT2D eigenvalue weighted by Crippen LogP contribution is -2.48. The topological polar surface area (TPSA) is 49.4 Å². The summed E-state index contributed by atoms with van der Waals surface area (Å²) in [4.78, 5) is 24.2. The summed E-state index contributed by atoms with van der Waals surface area (Å²) in [6.45, 7) is -0.289. The van der Waals surface area contributed by atoms with Gasteiger partial charge in [0.05, 0.1) is 21.7 Å². The number of likely N-dealkylation sites (tertiary alicyclic amines) is 1. The van der Waals surface area contributed by atoms with E-state index in [2.05, 4.69) is 5.32 Å². The van der Waals surface area contributed by atoms with Crippen molar-refractivity contribution < 1.29 is 22.8 Å². The van der Waals surface area contributed by atoms with Gasteiger partial charge in [-0.1, -0.05) is 29.3 Å². The number of carbonyl (C=O) groups is 2. The lowest BCUT2D eigenvalue weighted by atomic mass is 9.97. The van der Waals surface area contributed by atoms with Gasteiger partial charge in [0.1, 0.15) is 0 Å². The smallest absolute Gasteiger partial charge is 0.334 e. The van der Waals surface area contributed by atoms with E-state index in [1.165, 1.54) is 6.07 Å². The van der Waals surface area contributed by atoms with Crippen molar-refractivity contribution >= 4 is 40.7 Å². The third kappa shape index (κ3) is 4.29. The summed E-state index contributed by atoms with van der Waals surface area (Å²) in [5.74, 6) is -3.14. The van der Waals surface area contributed by atoms with Crippen molar-refractivity contribution in [2.24, 2.45) is 5.92 Å². The average molecular weight is 369 g/mol. The van der Waals surface area contributed by atoms with Crippen molar-refractivity contribution in [1.82, 2.24) is 4.90 Å². The van der Waals surface area contributed by atoms with Crippen molar-refractivity contribution in [2.75, 3.05) is 18.4 Å². The Bertz CT molecular complexity index is 623. The largest absolute Gasteiger partial charge is 0.471 e. The second-order valence-electron chi connectivity index (χ2n) is 5.18. The number of anilines is 1.